The molecule has 7 heteroatoms. The number of hydrogen-bond donors (Lipinski definition) is 3. The number of aryl methyl sites for hydroxylation is 1. The van der Waals surface area contributed by atoms with E-state index in [1.807, 2.05) is 19.1 Å². The molecule has 2 heterocycles. The van der Waals surface area contributed by atoms with Gasteiger partial charge in [-0.15, -0.1) is 0 Å². The van der Waals surface area contributed by atoms with E-state index in [0.29, 0.717) is 0 Å². The van der Waals surface area contributed by atoms with E-state index in [1.165, 1.54) is 0 Å². The van der Waals surface area contributed by atoms with Crippen LogP contribution in [0.3, 0.4) is 0 Å². The maximum Gasteiger partial charge on any atom is 0.241 e. The molecule has 0 spiro atoms. The fourth-order valence-electron chi connectivity index (χ4n) is 2.71. The standard InChI is InChI=1S/C19H23N3O3S/c1-12-11-17-16(9-10-20-18(17)21-12)14-5-7-15(8-6-14)26(24,25)22-19(3,4)13(2)23/h5-11,13,22-23H,1-4H3,(H,20,21). The molecule has 0 saturated heterocycles. The third-order valence-corrected chi connectivity index (χ3v) is 6.27. The highest BCUT2D eigenvalue weighted by Crippen LogP contribution is 2.29. The van der Waals surface area contributed by atoms with Crippen LogP contribution in [-0.4, -0.2) is 35.1 Å². The molecule has 0 radical (unpaired) electrons. The lowest BCUT2D eigenvalue weighted by Gasteiger charge is -2.28. The van der Waals surface area contributed by atoms with Crippen molar-refractivity contribution in [3.63, 3.8) is 0 Å². The molecule has 3 rings (SSSR count). The molecule has 2 aromatic heterocycles. The average Bonchev–Trinajstić information content (AvgIpc) is 2.94. The molecule has 138 valence electrons. The minimum Gasteiger partial charge on any atom is -0.391 e. The monoisotopic (exact) mass is 373 g/mol. The van der Waals surface area contributed by atoms with Gasteiger partial charge in [-0.2, -0.15) is 0 Å². The highest BCUT2D eigenvalue weighted by Gasteiger charge is 2.30. The van der Waals surface area contributed by atoms with Crippen LogP contribution >= 0.6 is 0 Å². The molecule has 1 atom stereocenters. The molecule has 26 heavy (non-hydrogen) atoms. The van der Waals surface area contributed by atoms with Gasteiger partial charge in [-0.25, -0.2) is 18.1 Å². The second kappa shape index (κ2) is 6.50. The van der Waals surface area contributed by atoms with Gasteiger partial charge in [0.25, 0.3) is 0 Å². The fraction of sp³-hybridized carbons (Fsp3) is 0.316. The van der Waals surface area contributed by atoms with Crippen LogP contribution < -0.4 is 4.72 Å². The second-order valence-electron chi connectivity index (χ2n) is 7.10. The van der Waals surface area contributed by atoms with E-state index >= 15 is 0 Å². The summed E-state index contributed by atoms with van der Waals surface area (Å²) in [5.41, 5.74) is 2.75. The molecule has 1 aromatic carbocycles. The number of fused-ring (bicyclic) bond motifs is 1. The molecule has 3 N–H and O–H groups in total. The SMILES string of the molecule is Cc1cc2c(-c3ccc(S(=O)(=O)NC(C)(C)C(C)O)cc3)ccnc2[nH]1. The molecular formula is C19H23N3O3S. The number of aliphatic hydroxyl groups excluding tert-OH is 1. The molecule has 0 bridgehead atoms. The highest BCUT2D eigenvalue weighted by molar-refractivity contribution is 7.89. The molecule has 0 aliphatic heterocycles. The molecule has 0 aliphatic rings. The first-order chi connectivity index (χ1) is 12.1. The predicted octanol–water partition coefficient (Wildman–Crippen LogP) is 2.98. The topological polar surface area (TPSA) is 95.1 Å². The third kappa shape index (κ3) is 3.51. The molecule has 3 aromatic rings. The Morgan fingerprint density at radius 3 is 2.46 bits per heavy atom. The number of sulfonamides is 1. The largest absolute Gasteiger partial charge is 0.391 e. The summed E-state index contributed by atoms with van der Waals surface area (Å²) in [6, 6.07) is 10.6. The number of nitrogens with zero attached hydrogens (tertiary/aromatic N) is 1. The van der Waals surface area contributed by atoms with E-state index in [2.05, 4.69) is 14.7 Å². The highest BCUT2D eigenvalue weighted by atomic mass is 32.2. The zero-order chi connectivity index (χ0) is 19.1. The molecule has 0 fully saturated rings. The van der Waals surface area contributed by atoms with Gasteiger partial charge in [-0.3, -0.25) is 0 Å². The lowest BCUT2D eigenvalue weighted by Crippen LogP contribution is -2.50. The first-order valence-electron chi connectivity index (χ1n) is 8.37. The zero-order valence-corrected chi connectivity index (χ0v) is 16.1. The van der Waals surface area contributed by atoms with Crippen LogP contribution in [0.1, 0.15) is 26.5 Å². The van der Waals surface area contributed by atoms with E-state index in [4.69, 9.17) is 0 Å². The third-order valence-electron chi connectivity index (χ3n) is 4.58. The predicted molar refractivity (Wildman–Crippen MR) is 102 cm³/mol. The van der Waals surface area contributed by atoms with Crippen molar-refractivity contribution >= 4 is 21.1 Å². The molecule has 0 amide bonds. The number of nitrogens with one attached hydrogen (secondary N) is 2. The summed E-state index contributed by atoms with van der Waals surface area (Å²) < 4.78 is 27.7. The van der Waals surface area contributed by atoms with Crippen LogP contribution in [0, 0.1) is 6.92 Å². The van der Waals surface area contributed by atoms with Crippen LogP contribution in [0.5, 0.6) is 0 Å². The Morgan fingerprint density at radius 1 is 1.19 bits per heavy atom. The van der Waals surface area contributed by atoms with Crippen molar-refractivity contribution in [1.29, 1.82) is 0 Å². The molecule has 1 unspecified atom stereocenters. The number of aromatic amines is 1. The average molecular weight is 373 g/mol. The van der Waals surface area contributed by atoms with Gasteiger partial charge < -0.3 is 10.1 Å². The number of H-pyrrole nitrogens is 1. The number of rotatable bonds is 5. The maximum atomic E-state index is 12.6. The lowest BCUT2D eigenvalue weighted by atomic mass is 10.0. The number of hydrogen-bond acceptors (Lipinski definition) is 4. The first-order valence-corrected chi connectivity index (χ1v) is 9.85. The second-order valence-corrected chi connectivity index (χ2v) is 8.78. The minimum absolute atomic E-state index is 0.158. The summed E-state index contributed by atoms with van der Waals surface area (Å²) in [4.78, 5) is 7.67. The van der Waals surface area contributed by atoms with Crippen molar-refractivity contribution in [2.75, 3.05) is 0 Å². The molecule has 0 aliphatic carbocycles. The van der Waals surface area contributed by atoms with Gasteiger partial charge in [0.15, 0.2) is 0 Å². The number of pyridine rings is 1. The van der Waals surface area contributed by atoms with E-state index in [9.17, 15) is 13.5 Å². The van der Waals surface area contributed by atoms with Crippen molar-refractivity contribution in [1.82, 2.24) is 14.7 Å². The Labute approximate surface area is 153 Å². The van der Waals surface area contributed by atoms with Crippen LogP contribution in [0.2, 0.25) is 0 Å². The van der Waals surface area contributed by atoms with Gasteiger partial charge in [-0.1, -0.05) is 12.1 Å². The van der Waals surface area contributed by atoms with Crippen molar-refractivity contribution in [3.05, 3.63) is 48.3 Å². The van der Waals surface area contributed by atoms with Gasteiger partial charge in [0.2, 0.25) is 10.0 Å². The van der Waals surface area contributed by atoms with Crippen LogP contribution in [0.25, 0.3) is 22.2 Å². The van der Waals surface area contributed by atoms with Gasteiger partial charge in [-0.05, 0) is 63.1 Å². The maximum absolute atomic E-state index is 12.6. The summed E-state index contributed by atoms with van der Waals surface area (Å²) in [5.74, 6) is 0. The Bertz CT molecular complexity index is 1040. The summed E-state index contributed by atoms with van der Waals surface area (Å²) in [6.07, 6.45) is 0.906. The van der Waals surface area contributed by atoms with Crippen LogP contribution in [-0.2, 0) is 10.0 Å². The normalized spacial score (nSPS) is 13.9. The number of aliphatic hydroxyl groups is 1. The van der Waals surface area contributed by atoms with E-state index < -0.39 is 21.7 Å². The van der Waals surface area contributed by atoms with Gasteiger partial charge in [0, 0.05) is 17.3 Å². The summed E-state index contributed by atoms with van der Waals surface area (Å²) in [6.45, 7) is 6.81. The Morgan fingerprint density at radius 2 is 1.85 bits per heavy atom. The van der Waals surface area contributed by atoms with E-state index in [0.717, 1.165) is 27.9 Å². The van der Waals surface area contributed by atoms with Crippen molar-refractivity contribution in [3.8, 4) is 11.1 Å². The Hall–Kier alpha value is -2.22. The van der Waals surface area contributed by atoms with Crippen molar-refractivity contribution in [2.24, 2.45) is 0 Å². The Kier molecular flexibility index (Phi) is 4.64. The van der Waals surface area contributed by atoms with E-state index in [-0.39, 0.29) is 4.90 Å². The molecule has 0 saturated carbocycles. The van der Waals surface area contributed by atoms with Gasteiger partial charge in [0.1, 0.15) is 5.65 Å². The number of aromatic nitrogens is 2. The zero-order valence-electron chi connectivity index (χ0n) is 15.2. The fourth-order valence-corrected chi connectivity index (χ4v) is 4.19. The lowest BCUT2D eigenvalue weighted by molar-refractivity contribution is 0.111. The smallest absolute Gasteiger partial charge is 0.241 e. The van der Waals surface area contributed by atoms with Crippen molar-refractivity contribution < 1.29 is 13.5 Å². The molecule has 6 nitrogen and oxygen atoms in total. The van der Waals surface area contributed by atoms with Crippen molar-refractivity contribution in [2.45, 2.75) is 44.2 Å². The summed E-state index contributed by atoms with van der Waals surface area (Å²) >= 11 is 0. The first kappa shape index (κ1) is 18.6. The molecular weight excluding hydrogens is 350 g/mol. The van der Waals surface area contributed by atoms with Crippen LogP contribution in [0.15, 0.2) is 47.5 Å². The number of benzene rings is 1. The van der Waals surface area contributed by atoms with Gasteiger partial charge >= 0.3 is 0 Å². The minimum atomic E-state index is -3.73. The van der Waals surface area contributed by atoms with Gasteiger partial charge in [0.05, 0.1) is 16.5 Å². The quantitative estimate of drug-likeness (QED) is 0.641. The Balaban J connectivity index is 1.96. The van der Waals surface area contributed by atoms with Crippen LogP contribution in [0.4, 0.5) is 0 Å². The summed E-state index contributed by atoms with van der Waals surface area (Å²) in [5, 5.41) is 10.7. The summed E-state index contributed by atoms with van der Waals surface area (Å²) in [7, 11) is -3.73. The van der Waals surface area contributed by atoms with E-state index in [1.54, 1.807) is 51.2 Å².